The molecule has 0 saturated carbocycles. The maximum atomic E-state index is 11.4. The molecule has 0 aliphatic carbocycles. The average molecular weight is 253 g/mol. The topological polar surface area (TPSA) is 96.6 Å². The Kier molecular flexibility index (Phi) is 10.2. The van der Waals surface area contributed by atoms with Gasteiger partial charge in [-0.05, 0) is 6.42 Å². The summed E-state index contributed by atoms with van der Waals surface area (Å²) in [6, 6.07) is 0. The van der Waals surface area contributed by atoms with Crippen LogP contribution in [0.5, 0.6) is 0 Å². The lowest BCUT2D eigenvalue weighted by atomic mass is 10.3. The molecule has 0 spiro atoms. The van der Waals surface area contributed by atoms with Crippen LogP contribution in [-0.2, 0) is 9.19 Å². The molecule has 0 aromatic heterocycles. The molecule has 0 rings (SSSR count). The zero-order valence-corrected chi connectivity index (χ0v) is 10.8. The van der Waals surface area contributed by atoms with Crippen LogP contribution in [0.1, 0.15) is 26.2 Å². The molecule has 7 heteroatoms. The molecule has 0 fully saturated rings. The van der Waals surface area contributed by atoms with Gasteiger partial charge in [-0.3, -0.25) is 4.57 Å². The fourth-order valence-corrected chi connectivity index (χ4v) is 2.13. The summed E-state index contributed by atoms with van der Waals surface area (Å²) in [5, 5.41) is 3.03. The minimum atomic E-state index is -3.44. The number of hydrogen-bond acceptors (Lipinski definition) is 5. The van der Waals surface area contributed by atoms with E-state index in [1.54, 1.807) is 0 Å². The molecule has 0 amide bonds. The molecule has 0 bridgehead atoms. The molecule has 1 unspecified atom stereocenters. The van der Waals surface area contributed by atoms with Gasteiger partial charge in [-0.25, -0.2) is 4.62 Å². The van der Waals surface area contributed by atoms with E-state index in [1.165, 1.54) is 0 Å². The van der Waals surface area contributed by atoms with Crippen molar-refractivity contribution in [2.24, 2.45) is 5.73 Å². The molecule has 0 aromatic carbocycles. The monoisotopic (exact) mass is 253 g/mol. The maximum absolute atomic E-state index is 11.4. The third-order valence-electron chi connectivity index (χ3n) is 1.98. The largest absolute Gasteiger partial charge is 0.344 e. The van der Waals surface area contributed by atoms with E-state index in [1.807, 2.05) is 6.92 Å². The number of nitrogens with two attached hydrogens (primary N) is 1. The first-order valence-corrected chi connectivity index (χ1v) is 7.52. The van der Waals surface area contributed by atoms with Gasteiger partial charge < -0.3 is 15.9 Å². The summed E-state index contributed by atoms with van der Waals surface area (Å²) in [6.07, 6.45) is 2.91. The SMILES string of the molecule is CCCCCP(=O)(O)ONCCNCCN. The van der Waals surface area contributed by atoms with E-state index in [4.69, 9.17) is 10.4 Å². The van der Waals surface area contributed by atoms with Crippen molar-refractivity contribution in [2.45, 2.75) is 26.2 Å². The summed E-state index contributed by atoms with van der Waals surface area (Å²) in [7, 11) is -3.44. The second kappa shape index (κ2) is 10.2. The van der Waals surface area contributed by atoms with Crippen LogP contribution in [0, 0.1) is 0 Å². The van der Waals surface area contributed by atoms with Crippen LogP contribution in [0.2, 0.25) is 0 Å². The predicted molar refractivity (Wildman–Crippen MR) is 65.2 cm³/mol. The molecule has 5 N–H and O–H groups in total. The summed E-state index contributed by atoms with van der Waals surface area (Å²) >= 11 is 0. The molecule has 98 valence electrons. The van der Waals surface area contributed by atoms with Gasteiger partial charge in [0.15, 0.2) is 0 Å². The summed E-state index contributed by atoms with van der Waals surface area (Å²) < 4.78 is 16.2. The highest BCUT2D eigenvalue weighted by molar-refractivity contribution is 7.52. The summed E-state index contributed by atoms with van der Waals surface area (Å²) in [5.74, 6) is 0. The molecule has 16 heavy (non-hydrogen) atoms. The van der Waals surface area contributed by atoms with Crippen molar-refractivity contribution in [3.63, 3.8) is 0 Å². The second-order valence-electron chi connectivity index (χ2n) is 3.59. The van der Waals surface area contributed by atoms with Gasteiger partial charge in [-0.2, -0.15) is 5.48 Å². The van der Waals surface area contributed by atoms with Crippen molar-refractivity contribution in [2.75, 3.05) is 32.3 Å². The van der Waals surface area contributed by atoms with Crippen molar-refractivity contribution < 1.29 is 14.1 Å². The molecule has 0 radical (unpaired) electrons. The van der Waals surface area contributed by atoms with Crippen LogP contribution in [0.4, 0.5) is 0 Å². The summed E-state index contributed by atoms with van der Waals surface area (Å²) in [4.78, 5) is 9.37. The van der Waals surface area contributed by atoms with Crippen LogP contribution in [-0.4, -0.2) is 37.2 Å². The Morgan fingerprint density at radius 3 is 2.69 bits per heavy atom. The molecule has 1 atom stereocenters. The zero-order valence-electron chi connectivity index (χ0n) is 9.95. The Morgan fingerprint density at radius 2 is 2.06 bits per heavy atom. The minimum Gasteiger partial charge on any atom is -0.329 e. The molecule has 0 saturated heterocycles. The third-order valence-corrected chi connectivity index (χ3v) is 3.27. The van der Waals surface area contributed by atoms with Crippen molar-refractivity contribution in [1.82, 2.24) is 10.8 Å². The van der Waals surface area contributed by atoms with E-state index >= 15 is 0 Å². The van der Waals surface area contributed by atoms with Crippen LogP contribution < -0.4 is 16.5 Å². The van der Waals surface area contributed by atoms with Gasteiger partial charge in [0.2, 0.25) is 0 Å². The Balaban J connectivity index is 3.39. The van der Waals surface area contributed by atoms with E-state index in [9.17, 15) is 9.46 Å². The minimum absolute atomic E-state index is 0.212. The Labute approximate surface area is 97.4 Å². The van der Waals surface area contributed by atoms with Gasteiger partial charge in [0.25, 0.3) is 0 Å². The van der Waals surface area contributed by atoms with Crippen molar-refractivity contribution >= 4 is 7.60 Å². The van der Waals surface area contributed by atoms with E-state index in [-0.39, 0.29) is 6.16 Å². The molecule has 6 nitrogen and oxygen atoms in total. The highest BCUT2D eigenvalue weighted by Gasteiger charge is 2.18. The fraction of sp³-hybridized carbons (Fsp3) is 1.00. The van der Waals surface area contributed by atoms with Gasteiger partial charge >= 0.3 is 7.60 Å². The van der Waals surface area contributed by atoms with Gasteiger partial charge in [-0.15, -0.1) is 0 Å². The standard InChI is InChI=1S/C9H24N3O3P/c1-2-3-4-9-16(13,14)15-12-8-7-11-6-5-10/h11-12H,2-10H2,1H3,(H,13,14). The Morgan fingerprint density at radius 1 is 1.31 bits per heavy atom. The van der Waals surface area contributed by atoms with Crippen molar-refractivity contribution in [1.29, 1.82) is 0 Å². The van der Waals surface area contributed by atoms with Crippen molar-refractivity contribution in [3.8, 4) is 0 Å². The van der Waals surface area contributed by atoms with Gasteiger partial charge in [0.05, 0.1) is 6.16 Å². The van der Waals surface area contributed by atoms with Gasteiger partial charge in [0, 0.05) is 26.2 Å². The lowest BCUT2D eigenvalue weighted by Crippen LogP contribution is -2.30. The van der Waals surface area contributed by atoms with Crippen molar-refractivity contribution in [3.05, 3.63) is 0 Å². The maximum Gasteiger partial charge on any atom is 0.344 e. The van der Waals surface area contributed by atoms with E-state index in [0.717, 1.165) is 25.8 Å². The number of nitrogens with one attached hydrogen (secondary N) is 2. The molecular weight excluding hydrogens is 229 g/mol. The van der Waals surface area contributed by atoms with Crippen LogP contribution in [0.25, 0.3) is 0 Å². The van der Waals surface area contributed by atoms with Crippen LogP contribution in [0.15, 0.2) is 0 Å². The number of hydrogen-bond donors (Lipinski definition) is 4. The third kappa shape index (κ3) is 10.5. The van der Waals surface area contributed by atoms with E-state index in [2.05, 4.69) is 10.8 Å². The molecule has 0 aliphatic rings. The lowest BCUT2D eigenvalue weighted by molar-refractivity contribution is 0.166. The molecule has 0 heterocycles. The van der Waals surface area contributed by atoms with E-state index < -0.39 is 7.60 Å². The van der Waals surface area contributed by atoms with Gasteiger partial charge in [-0.1, -0.05) is 19.8 Å². The Bertz CT molecular complexity index is 204. The normalized spacial score (nSPS) is 14.9. The summed E-state index contributed by atoms with van der Waals surface area (Å²) in [6.45, 7) is 4.50. The first-order chi connectivity index (χ1) is 7.62. The lowest BCUT2D eigenvalue weighted by Gasteiger charge is -2.12. The Hall–Kier alpha value is 0.0300. The van der Waals surface area contributed by atoms with Gasteiger partial charge in [0.1, 0.15) is 0 Å². The first kappa shape index (κ1) is 16.0. The smallest absolute Gasteiger partial charge is 0.329 e. The number of rotatable bonds is 11. The van der Waals surface area contributed by atoms with E-state index in [0.29, 0.717) is 19.6 Å². The summed E-state index contributed by atoms with van der Waals surface area (Å²) in [5.41, 5.74) is 7.78. The number of hydroxylamine groups is 1. The second-order valence-corrected chi connectivity index (χ2v) is 5.50. The first-order valence-electron chi connectivity index (χ1n) is 5.76. The van der Waals surface area contributed by atoms with Crippen LogP contribution >= 0.6 is 7.60 Å². The zero-order chi connectivity index (χ0) is 12.3. The molecule has 0 aliphatic heterocycles. The fourth-order valence-electron chi connectivity index (χ4n) is 1.12. The highest BCUT2D eigenvalue weighted by atomic mass is 31.2. The average Bonchev–Trinajstić information content (AvgIpc) is 2.23. The highest BCUT2D eigenvalue weighted by Crippen LogP contribution is 2.41. The quantitative estimate of drug-likeness (QED) is 0.242. The number of unbranched alkanes of at least 4 members (excludes halogenated alkanes) is 2. The molecular formula is C9H24N3O3P. The van der Waals surface area contributed by atoms with Crippen LogP contribution in [0.3, 0.4) is 0 Å². The molecule has 0 aromatic rings. The predicted octanol–water partition coefficient (Wildman–Crippen LogP) is 0.432.